The van der Waals surface area contributed by atoms with Crippen molar-refractivity contribution >= 4 is 32.9 Å². The van der Waals surface area contributed by atoms with Crippen molar-refractivity contribution in [1.29, 1.82) is 0 Å². The molecule has 0 amide bonds. The third kappa shape index (κ3) is 4.51. The van der Waals surface area contributed by atoms with E-state index in [1.165, 1.54) is 17.5 Å². The Hall–Kier alpha value is -0.770. The monoisotopic (exact) mass is 270 g/mol. The number of hydrogen-bond donors (Lipinski definition) is 1. The zero-order chi connectivity index (χ0) is 11.5. The zero-order valence-corrected chi connectivity index (χ0v) is 9.93. The fourth-order valence-electron chi connectivity index (χ4n) is 0.726. The minimum Gasteiger partial charge on any atom is -0.233 e. The summed E-state index contributed by atoms with van der Waals surface area (Å²) in [6, 6.07) is 0. The lowest BCUT2D eigenvalue weighted by atomic mass is 10.6. The van der Waals surface area contributed by atoms with E-state index < -0.39 is 14.9 Å². The predicted octanol–water partition coefficient (Wildman–Crippen LogP) is 1.09. The molecule has 1 unspecified atom stereocenters. The van der Waals surface area contributed by atoms with E-state index in [0.717, 1.165) is 11.1 Å². The van der Waals surface area contributed by atoms with E-state index in [9.17, 15) is 14.3 Å². The van der Waals surface area contributed by atoms with E-state index in [0.29, 0.717) is 4.47 Å². The van der Waals surface area contributed by atoms with Crippen LogP contribution < -0.4 is 4.72 Å². The van der Waals surface area contributed by atoms with Crippen LogP contribution in [-0.4, -0.2) is 20.5 Å². The molecule has 15 heavy (non-hydrogen) atoms. The molecule has 10 heteroatoms. The average molecular weight is 271 g/mol. The molecule has 0 aliphatic rings. The second kappa shape index (κ2) is 4.84. The summed E-state index contributed by atoms with van der Waals surface area (Å²) in [6.07, 6.45) is 2.65. The van der Waals surface area contributed by atoms with Crippen LogP contribution in [0.25, 0.3) is 0 Å². The molecule has 1 aromatic rings. The van der Waals surface area contributed by atoms with Gasteiger partial charge in [0.25, 0.3) is 0 Å². The van der Waals surface area contributed by atoms with Gasteiger partial charge in [0.05, 0.1) is 0 Å². The van der Waals surface area contributed by atoms with Gasteiger partial charge in [-0.15, -0.1) is 11.3 Å². The van der Waals surface area contributed by atoms with Crippen LogP contribution in [0, 0.1) is 10.1 Å². The molecule has 0 aromatic carbocycles. The van der Waals surface area contributed by atoms with E-state index in [1.54, 1.807) is 0 Å². The van der Waals surface area contributed by atoms with E-state index in [4.69, 9.17) is 11.6 Å². The van der Waals surface area contributed by atoms with Crippen LogP contribution in [0.1, 0.15) is 4.88 Å². The molecule has 0 radical (unpaired) electrons. The summed E-state index contributed by atoms with van der Waals surface area (Å²) in [6.45, 7) is 0.178. The molecule has 0 bridgehead atoms. The van der Waals surface area contributed by atoms with Crippen LogP contribution >= 0.6 is 22.9 Å². The highest BCUT2D eigenvalue weighted by molar-refractivity contribution is 7.90. The minimum absolute atomic E-state index is 0.178. The summed E-state index contributed by atoms with van der Waals surface area (Å²) < 4.78 is 17.0. The largest absolute Gasteiger partial charge is 0.233 e. The van der Waals surface area contributed by atoms with Crippen molar-refractivity contribution in [2.24, 2.45) is 4.47 Å². The molecule has 1 aromatic heterocycles. The number of nitrogens with one attached hydrogen (secondary N) is 1. The first-order chi connectivity index (χ1) is 6.89. The Bertz CT molecular complexity index is 478. The first-order valence-corrected chi connectivity index (χ1v) is 6.72. The van der Waals surface area contributed by atoms with Crippen LogP contribution in [0.15, 0.2) is 10.7 Å². The van der Waals surface area contributed by atoms with Crippen molar-refractivity contribution in [1.82, 2.24) is 9.71 Å². The van der Waals surface area contributed by atoms with Crippen molar-refractivity contribution in [2.75, 3.05) is 6.26 Å². The van der Waals surface area contributed by atoms with Crippen LogP contribution in [0.5, 0.6) is 0 Å². The minimum atomic E-state index is -3.01. The van der Waals surface area contributed by atoms with Crippen molar-refractivity contribution in [2.45, 2.75) is 6.54 Å². The Morgan fingerprint density at radius 2 is 2.53 bits per heavy atom. The van der Waals surface area contributed by atoms with E-state index >= 15 is 0 Å². The SMILES string of the molecule is CS(=O)(=N[N+](=O)[O-])NCc1cnc(Cl)s1. The summed E-state index contributed by atoms with van der Waals surface area (Å²) >= 11 is 6.77. The Morgan fingerprint density at radius 3 is 3.00 bits per heavy atom. The Kier molecular flexibility index (Phi) is 3.97. The lowest BCUT2D eigenvalue weighted by Gasteiger charge is -1.99. The van der Waals surface area contributed by atoms with Crippen molar-refractivity contribution < 1.29 is 9.24 Å². The second-order valence-electron chi connectivity index (χ2n) is 2.52. The van der Waals surface area contributed by atoms with Crippen LogP contribution in [0.2, 0.25) is 4.47 Å². The summed E-state index contributed by atoms with van der Waals surface area (Å²) in [5.41, 5.74) is 0. The number of nitro groups is 1. The van der Waals surface area contributed by atoms with E-state index in [2.05, 4.69) is 14.2 Å². The quantitative estimate of drug-likeness (QED) is 0.654. The molecule has 0 aliphatic carbocycles. The lowest BCUT2D eigenvalue weighted by Crippen LogP contribution is -2.21. The maximum absolute atomic E-state index is 11.4. The molecule has 1 heterocycles. The summed E-state index contributed by atoms with van der Waals surface area (Å²) in [4.78, 5) is 14.5. The van der Waals surface area contributed by atoms with Crippen molar-refractivity contribution in [3.63, 3.8) is 0 Å². The molecule has 1 rings (SSSR count). The van der Waals surface area contributed by atoms with Gasteiger partial charge in [-0.3, -0.25) is 0 Å². The maximum Gasteiger partial charge on any atom is 0.201 e. The fourth-order valence-corrected chi connectivity index (χ4v) is 2.47. The number of aromatic nitrogens is 1. The summed E-state index contributed by atoms with van der Waals surface area (Å²) in [5, 5.41) is 9.04. The molecule has 84 valence electrons. The van der Waals surface area contributed by atoms with Gasteiger partial charge in [-0.1, -0.05) is 11.6 Å². The molecule has 0 aliphatic heterocycles. The lowest BCUT2D eigenvalue weighted by molar-refractivity contribution is -0.482. The van der Waals surface area contributed by atoms with Gasteiger partial charge >= 0.3 is 0 Å². The number of nitrogens with zero attached hydrogens (tertiary/aromatic N) is 3. The molecule has 0 saturated carbocycles. The molecule has 0 spiro atoms. The van der Waals surface area contributed by atoms with Gasteiger partial charge in [0.1, 0.15) is 4.47 Å². The van der Waals surface area contributed by atoms with Gasteiger partial charge in [0.2, 0.25) is 5.03 Å². The highest BCUT2D eigenvalue weighted by atomic mass is 35.5. The second-order valence-corrected chi connectivity index (χ2v) is 6.28. The highest BCUT2D eigenvalue weighted by Gasteiger charge is 2.07. The molecular formula is C5H7ClN4O3S2. The van der Waals surface area contributed by atoms with Gasteiger partial charge in [-0.2, -0.15) is 0 Å². The van der Waals surface area contributed by atoms with Crippen LogP contribution in [0.3, 0.4) is 0 Å². The van der Waals surface area contributed by atoms with Gasteiger partial charge < -0.3 is 0 Å². The molecule has 7 nitrogen and oxygen atoms in total. The number of hydrogen-bond acceptors (Lipinski definition) is 5. The predicted molar refractivity (Wildman–Crippen MR) is 57.5 cm³/mol. The Balaban J connectivity index is 2.65. The van der Waals surface area contributed by atoms with Crippen LogP contribution in [-0.2, 0) is 16.5 Å². The Morgan fingerprint density at radius 1 is 1.87 bits per heavy atom. The number of halogens is 1. The smallest absolute Gasteiger partial charge is 0.201 e. The molecule has 0 saturated heterocycles. The van der Waals surface area contributed by atoms with Gasteiger partial charge in [0, 0.05) is 23.9 Å². The van der Waals surface area contributed by atoms with Crippen molar-refractivity contribution in [3.8, 4) is 0 Å². The zero-order valence-electron chi connectivity index (χ0n) is 7.55. The maximum atomic E-state index is 11.4. The van der Waals surface area contributed by atoms with Gasteiger partial charge in [-0.05, 0) is 0 Å². The molecule has 0 fully saturated rings. The van der Waals surface area contributed by atoms with Crippen LogP contribution in [0.4, 0.5) is 0 Å². The molecular weight excluding hydrogens is 264 g/mol. The average Bonchev–Trinajstić information content (AvgIpc) is 2.46. The first-order valence-electron chi connectivity index (χ1n) is 3.60. The Labute approximate surface area is 94.9 Å². The van der Waals surface area contributed by atoms with Gasteiger partial charge in [0.15, 0.2) is 14.4 Å². The normalized spacial score (nSPS) is 14.5. The van der Waals surface area contributed by atoms with E-state index in [1.807, 2.05) is 0 Å². The van der Waals surface area contributed by atoms with Gasteiger partial charge in [-0.25, -0.2) is 24.0 Å². The summed E-state index contributed by atoms with van der Waals surface area (Å²) in [7, 11) is -3.01. The standard InChI is InChI=1S/C5H7ClN4O3S2/c1-15(13,9-10(11)12)8-3-4-2-7-5(6)14-4/h2H,3H2,1H3,(H,8,9,13). The highest BCUT2D eigenvalue weighted by Crippen LogP contribution is 2.17. The topological polar surface area (TPSA) is 97.5 Å². The third-order valence-corrected chi connectivity index (χ3v) is 3.50. The first kappa shape index (κ1) is 12.3. The number of thiazole rings is 1. The summed E-state index contributed by atoms with van der Waals surface area (Å²) in [5.74, 6) is 0. The molecule has 1 atom stereocenters. The van der Waals surface area contributed by atoms with Crippen molar-refractivity contribution in [3.05, 3.63) is 25.7 Å². The van der Waals surface area contributed by atoms with E-state index in [-0.39, 0.29) is 6.54 Å². The third-order valence-electron chi connectivity index (χ3n) is 1.26. The molecule has 1 N–H and O–H groups in total. The number of rotatable bonds is 4. The fraction of sp³-hybridized carbons (Fsp3) is 0.400.